The van der Waals surface area contributed by atoms with Gasteiger partial charge in [-0.1, -0.05) is 0 Å². The second-order valence-electron chi connectivity index (χ2n) is 6.23. The Bertz CT molecular complexity index is 598. The van der Waals surface area contributed by atoms with Gasteiger partial charge in [0.05, 0.1) is 13.2 Å². The Balaban J connectivity index is 1.57. The summed E-state index contributed by atoms with van der Waals surface area (Å²) in [5, 5.41) is 0. The molecule has 3 rings (SSSR count). The molecule has 0 spiro atoms. The van der Waals surface area contributed by atoms with Gasteiger partial charge in [-0.15, -0.1) is 0 Å². The third kappa shape index (κ3) is 3.33. The fourth-order valence-corrected chi connectivity index (χ4v) is 3.18. The van der Waals surface area contributed by atoms with Crippen LogP contribution in [0.4, 0.5) is 10.7 Å². The Hall–Kier alpha value is -2.22. The second kappa shape index (κ2) is 7.12. The first-order valence-corrected chi connectivity index (χ1v) is 8.23. The van der Waals surface area contributed by atoms with Crippen LogP contribution in [0.15, 0.2) is 12.4 Å². The Morgan fingerprint density at radius 1 is 1.21 bits per heavy atom. The summed E-state index contributed by atoms with van der Waals surface area (Å²) in [7, 11) is 1.56. The summed E-state index contributed by atoms with van der Waals surface area (Å²) in [6, 6.07) is -0.0993. The summed E-state index contributed by atoms with van der Waals surface area (Å²) < 4.78 is 4.97. The highest BCUT2D eigenvalue weighted by molar-refractivity contribution is 6.02. The molecule has 1 aromatic rings. The predicted molar refractivity (Wildman–Crippen MR) is 87.7 cm³/mol. The minimum atomic E-state index is -0.193. The molecule has 130 valence electrons. The van der Waals surface area contributed by atoms with E-state index in [1.54, 1.807) is 12.0 Å². The van der Waals surface area contributed by atoms with E-state index in [0.717, 1.165) is 37.4 Å². The standard InChI is InChI=1S/C16H23N5O3/c1-12-9-17-15(18-10-12)19-5-3-13(4-6-19)21-11-14(22)20(16(21)23)7-8-24-2/h9-10,13H,3-8,11H2,1-2H3. The van der Waals surface area contributed by atoms with E-state index >= 15 is 0 Å². The van der Waals surface area contributed by atoms with Crippen LogP contribution in [-0.4, -0.2) is 77.6 Å². The smallest absolute Gasteiger partial charge is 0.327 e. The van der Waals surface area contributed by atoms with Crippen LogP contribution < -0.4 is 4.90 Å². The van der Waals surface area contributed by atoms with Crippen LogP contribution in [0.5, 0.6) is 0 Å². The van der Waals surface area contributed by atoms with Crippen molar-refractivity contribution in [1.82, 2.24) is 19.8 Å². The first-order valence-electron chi connectivity index (χ1n) is 8.23. The number of methoxy groups -OCH3 is 1. The van der Waals surface area contributed by atoms with Crippen molar-refractivity contribution in [2.45, 2.75) is 25.8 Å². The van der Waals surface area contributed by atoms with Gasteiger partial charge < -0.3 is 14.5 Å². The molecule has 24 heavy (non-hydrogen) atoms. The molecule has 3 heterocycles. The lowest BCUT2D eigenvalue weighted by Crippen LogP contribution is -2.47. The molecule has 1 aromatic heterocycles. The number of piperidine rings is 1. The van der Waals surface area contributed by atoms with Crippen molar-refractivity contribution in [1.29, 1.82) is 0 Å². The zero-order chi connectivity index (χ0) is 17.1. The number of hydrogen-bond acceptors (Lipinski definition) is 6. The fourth-order valence-electron chi connectivity index (χ4n) is 3.18. The monoisotopic (exact) mass is 333 g/mol. The fraction of sp³-hybridized carbons (Fsp3) is 0.625. The number of amides is 3. The van der Waals surface area contributed by atoms with Crippen molar-refractivity contribution < 1.29 is 14.3 Å². The minimum Gasteiger partial charge on any atom is -0.383 e. The summed E-state index contributed by atoms with van der Waals surface area (Å²) in [5.74, 6) is 0.589. The summed E-state index contributed by atoms with van der Waals surface area (Å²) >= 11 is 0. The van der Waals surface area contributed by atoms with E-state index in [9.17, 15) is 9.59 Å². The first-order chi connectivity index (χ1) is 11.6. The lowest BCUT2D eigenvalue weighted by molar-refractivity contribution is -0.125. The summed E-state index contributed by atoms with van der Waals surface area (Å²) in [6.07, 6.45) is 5.25. The van der Waals surface area contributed by atoms with Crippen LogP contribution in [0, 0.1) is 6.92 Å². The van der Waals surface area contributed by atoms with E-state index in [2.05, 4.69) is 14.9 Å². The van der Waals surface area contributed by atoms with Crippen LogP contribution >= 0.6 is 0 Å². The average molecular weight is 333 g/mol. The highest BCUT2D eigenvalue weighted by atomic mass is 16.5. The number of carbonyl (C=O) groups excluding carboxylic acids is 2. The molecule has 0 saturated carbocycles. The average Bonchev–Trinajstić information content (AvgIpc) is 2.88. The zero-order valence-corrected chi connectivity index (χ0v) is 14.1. The van der Waals surface area contributed by atoms with E-state index in [1.807, 2.05) is 19.3 Å². The van der Waals surface area contributed by atoms with Crippen molar-refractivity contribution in [2.75, 3.05) is 44.8 Å². The third-order valence-electron chi connectivity index (χ3n) is 4.56. The summed E-state index contributed by atoms with van der Waals surface area (Å²) in [4.78, 5) is 38.3. The zero-order valence-electron chi connectivity index (χ0n) is 14.1. The van der Waals surface area contributed by atoms with Crippen LogP contribution in [0.25, 0.3) is 0 Å². The molecule has 8 heteroatoms. The maximum atomic E-state index is 12.4. The van der Waals surface area contributed by atoms with Crippen molar-refractivity contribution in [3.05, 3.63) is 18.0 Å². The molecule has 2 saturated heterocycles. The maximum absolute atomic E-state index is 12.4. The molecule has 0 aliphatic carbocycles. The van der Waals surface area contributed by atoms with Crippen molar-refractivity contribution in [3.8, 4) is 0 Å². The number of urea groups is 1. The molecule has 0 aromatic carbocycles. The van der Waals surface area contributed by atoms with Crippen LogP contribution in [0.3, 0.4) is 0 Å². The largest absolute Gasteiger partial charge is 0.383 e. The molecule has 0 unspecified atom stereocenters. The van der Waals surface area contributed by atoms with Crippen LogP contribution in [0.1, 0.15) is 18.4 Å². The highest BCUT2D eigenvalue weighted by Gasteiger charge is 2.40. The normalized spacial score (nSPS) is 19.5. The van der Waals surface area contributed by atoms with E-state index in [1.165, 1.54) is 4.90 Å². The number of carbonyl (C=O) groups is 2. The van der Waals surface area contributed by atoms with E-state index in [0.29, 0.717) is 13.2 Å². The molecule has 0 radical (unpaired) electrons. The molecule has 2 aliphatic rings. The quantitative estimate of drug-likeness (QED) is 0.737. The predicted octanol–water partition coefficient (Wildman–Crippen LogP) is 0.664. The number of anilines is 1. The van der Waals surface area contributed by atoms with E-state index < -0.39 is 0 Å². The minimum absolute atomic E-state index is 0.0932. The van der Waals surface area contributed by atoms with Gasteiger partial charge in [0, 0.05) is 38.6 Å². The Morgan fingerprint density at radius 3 is 2.50 bits per heavy atom. The van der Waals surface area contributed by atoms with Gasteiger partial charge in [0.2, 0.25) is 11.9 Å². The Morgan fingerprint density at radius 2 is 1.88 bits per heavy atom. The topological polar surface area (TPSA) is 78.9 Å². The number of nitrogens with zero attached hydrogens (tertiary/aromatic N) is 5. The van der Waals surface area contributed by atoms with E-state index in [4.69, 9.17) is 4.74 Å². The SMILES string of the molecule is COCCN1C(=O)CN(C2CCN(c3ncc(C)cn3)CC2)C1=O. The molecule has 0 bridgehead atoms. The van der Waals surface area contributed by atoms with Gasteiger partial charge >= 0.3 is 6.03 Å². The van der Waals surface area contributed by atoms with Crippen LogP contribution in [0.2, 0.25) is 0 Å². The lowest BCUT2D eigenvalue weighted by atomic mass is 10.0. The number of imide groups is 1. The second-order valence-corrected chi connectivity index (χ2v) is 6.23. The molecular formula is C16H23N5O3. The molecule has 2 aliphatic heterocycles. The van der Waals surface area contributed by atoms with Gasteiger partial charge in [-0.25, -0.2) is 14.8 Å². The molecule has 3 amide bonds. The Labute approximate surface area is 141 Å². The van der Waals surface area contributed by atoms with Gasteiger partial charge in [0.25, 0.3) is 0 Å². The first kappa shape index (κ1) is 16.6. The van der Waals surface area contributed by atoms with Crippen molar-refractivity contribution >= 4 is 17.9 Å². The van der Waals surface area contributed by atoms with Gasteiger partial charge in [-0.2, -0.15) is 0 Å². The summed E-state index contributed by atoms with van der Waals surface area (Å²) in [6.45, 7) is 4.39. The number of ether oxygens (including phenoxy) is 1. The summed E-state index contributed by atoms with van der Waals surface area (Å²) in [5.41, 5.74) is 1.03. The Kier molecular flexibility index (Phi) is 4.94. The molecule has 2 fully saturated rings. The van der Waals surface area contributed by atoms with Crippen molar-refractivity contribution in [2.24, 2.45) is 0 Å². The lowest BCUT2D eigenvalue weighted by Gasteiger charge is -2.36. The van der Waals surface area contributed by atoms with Crippen LogP contribution in [-0.2, 0) is 9.53 Å². The molecular weight excluding hydrogens is 310 g/mol. The van der Waals surface area contributed by atoms with Gasteiger partial charge in [-0.05, 0) is 25.3 Å². The maximum Gasteiger partial charge on any atom is 0.327 e. The number of rotatable bonds is 5. The highest BCUT2D eigenvalue weighted by Crippen LogP contribution is 2.23. The number of aryl methyl sites for hydroxylation is 1. The third-order valence-corrected chi connectivity index (χ3v) is 4.56. The van der Waals surface area contributed by atoms with Gasteiger partial charge in [0.15, 0.2) is 0 Å². The molecule has 8 nitrogen and oxygen atoms in total. The number of aromatic nitrogens is 2. The molecule has 0 N–H and O–H groups in total. The molecule has 0 atom stereocenters. The number of hydrogen-bond donors (Lipinski definition) is 0. The van der Waals surface area contributed by atoms with Crippen molar-refractivity contribution in [3.63, 3.8) is 0 Å². The van der Waals surface area contributed by atoms with E-state index in [-0.39, 0.29) is 24.5 Å². The van der Waals surface area contributed by atoms with Gasteiger partial charge in [-0.3, -0.25) is 9.69 Å². The van der Waals surface area contributed by atoms with Gasteiger partial charge in [0.1, 0.15) is 6.54 Å².